The standard InChI is InChI=1S/C18H23N3O4/c1-11-7-6-8-15(9-11)25-14(4)18(23)24-10-16(22)19-17-12(2)20-21(5)13(17)3/h6-9,14H,10H2,1-5H3,(H,19,22)/t14-/m1/s1. The normalized spacial score (nSPS) is 11.7. The van der Waals surface area contributed by atoms with Gasteiger partial charge in [-0.1, -0.05) is 12.1 Å². The van der Waals surface area contributed by atoms with E-state index >= 15 is 0 Å². The van der Waals surface area contributed by atoms with Crippen molar-refractivity contribution in [2.75, 3.05) is 11.9 Å². The Bertz CT molecular complexity index is 783. The molecule has 2 aromatic rings. The summed E-state index contributed by atoms with van der Waals surface area (Å²) >= 11 is 0. The molecule has 0 unspecified atom stereocenters. The smallest absolute Gasteiger partial charge is 0.347 e. The Morgan fingerprint density at radius 3 is 2.60 bits per heavy atom. The Morgan fingerprint density at radius 1 is 1.28 bits per heavy atom. The van der Waals surface area contributed by atoms with Crippen molar-refractivity contribution < 1.29 is 19.1 Å². The SMILES string of the molecule is Cc1cccc(O[C@H](C)C(=O)OCC(=O)Nc2c(C)nn(C)c2C)c1. The quantitative estimate of drug-likeness (QED) is 0.812. The lowest BCUT2D eigenvalue weighted by Crippen LogP contribution is -2.30. The van der Waals surface area contributed by atoms with Crippen LogP contribution in [0.15, 0.2) is 24.3 Å². The van der Waals surface area contributed by atoms with Crippen LogP contribution in [0, 0.1) is 20.8 Å². The summed E-state index contributed by atoms with van der Waals surface area (Å²) in [5.74, 6) is -0.442. The van der Waals surface area contributed by atoms with E-state index in [9.17, 15) is 9.59 Å². The molecule has 1 atom stereocenters. The van der Waals surface area contributed by atoms with Crippen LogP contribution < -0.4 is 10.1 Å². The number of aromatic nitrogens is 2. The third-order valence-electron chi connectivity index (χ3n) is 3.75. The monoisotopic (exact) mass is 345 g/mol. The van der Waals surface area contributed by atoms with Crippen molar-refractivity contribution >= 4 is 17.6 Å². The molecule has 7 nitrogen and oxygen atoms in total. The van der Waals surface area contributed by atoms with Gasteiger partial charge >= 0.3 is 5.97 Å². The maximum atomic E-state index is 12.0. The molecule has 1 amide bonds. The van der Waals surface area contributed by atoms with Gasteiger partial charge in [0, 0.05) is 7.05 Å². The first-order chi connectivity index (χ1) is 11.8. The number of benzene rings is 1. The first kappa shape index (κ1) is 18.5. The van der Waals surface area contributed by atoms with Crippen LogP contribution in [0.5, 0.6) is 5.75 Å². The summed E-state index contributed by atoms with van der Waals surface area (Å²) in [4.78, 5) is 24.0. The predicted octanol–water partition coefficient (Wildman–Crippen LogP) is 2.29. The predicted molar refractivity (Wildman–Crippen MR) is 93.5 cm³/mol. The molecule has 1 aromatic carbocycles. The van der Waals surface area contributed by atoms with E-state index in [1.54, 1.807) is 31.6 Å². The van der Waals surface area contributed by atoms with Gasteiger partial charge in [-0.25, -0.2) is 4.79 Å². The zero-order valence-corrected chi connectivity index (χ0v) is 15.1. The van der Waals surface area contributed by atoms with E-state index in [4.69, 9.17) is 9.47 Å². The molecule has 0 saturated carbocycles. The average molecular weight is 345 g/mol. The third kappa shape index (κ3) is 4.82. The zero-order chi connectivity index (χ0) is 18.6. The van der Waals surface area contributed by atoms with E-state index in [2.05, 4.69) is 10.4 Å². The van der Waals surface area contributed by atoms with Crippen LogP contribution in [-0.4, -0.2) is 34.4 Å². The summed E-state index contributed by atoms with van der Waals surface area (Å²) in [6, 6.07) is 7.36. The molecule has 0 saturated heterocycles. The third-order valence-corrected chi connectivity index (χ3v) is 3.75. The van der Waals surface area contributed by atoms with E-state index in [0.29, 0.717) is 17.1 Å². The number of esters is 1. The van der Waals surface area contributed by atoms with Gasteiger partial charge in [-0.2, -0.15) is 5.10 Å². The highest BCUT2D eigenvalue weighted by atomic mass is 16.6. The van der Waals surface area contributed by atoms with Crippen LogP contribution in [-0.2, 0) is 21.4 Å². The van der Waals surface area contributed by atoms with Gasteiger partial charge in [0.25, 0.3) is 5.91 Å². The number of hydrogen-bond acceptors (Lipinski definition) is 5. The number of aryl methyl sites for hydroxylation is 3. The molecule has 0 spiro atoms. The van der Waals surface area contributed by atoms with Gasteiger partial charge in [-0.05, 0) is 45.4 Å². The summed E-state index contributed by atoms with van der Waals surface area (Å²) < 4.78 is 12.2. The number of rotatable bonds is 6. The number of carbonyl (C=O) groups is 2. The molecule has 1 heterocycles. The van der Waals surface area contributed by atoms with E-state index < -0.39 is 18.0 Å². The number of ether oxygens (including phenoxy) is 2. The van der Waals surface area contributed by atoms with Gasteiger partial charge in [0.1, 0.15) is 5.75 Å². The zero-order valence-electron chi connectivity index (χ0n) is 15.1. The minimum Gasteiger partial charge on any atom is -0.479 e. The number of carbonyl (C=O) groups excluding carboxylic acids is 2. The molecule has 2 rings (SSSR count). The van der Waals surface area contributed by atoms with Crippen LogP contribution in [0.3, 0.4) is 0 Å². The van der Waals surface area contributed by atoms with Gasteiger partial charge in [0.15, 0.2) is 12.7 Å². The molecule has 1 aromatic heterocycles. The molecular formula is C18H23N3O4. The maximum absolute atomic E-state index is 12.0. The van der Waals surface area contributed by atoms with E-state index in [1.165, 1.54) is 0 Å². The highest BCUT2D eigenvalue weighted by Crippen LogP contribution is 2.18. The fourth-order valence-corrected chi connectivity index (χ4v) is 2.32. The van der Waals surface area contributed by atoms with Crippen LogP contribution in [0.25, 0.3) is 0 Å². The van der Waals surface area contributed by atoms with Gasteiger partial charge in [-0.3, -0.25) is 9.48 Å². The Balaban J connectivity index is 1.85. The summed E-state index contributed by atoms with van der Waals surface area (Å²) in [6.07, 6.45) is -0.809. The molecule has 0 radical (unpaired) electrons. The van der Waals surface area contributed by atoms with Crippen LogP contribution in [0.2, 0.25) is 0 Å². The van der Waals surface area contributed by atoms with Crippen molar-refractivity contribution in [2.45, 2.75) is 33.8 Å². The highest BCUT2D eigenvalue weighted by Gasteiger charge is 2.19. The number of hydrogen-bond donors (Lipinski definition) is 1. The molecule has 0 aliphatic heterocycles. The Labute approximate surface area is 146 Å². The largest absolute Gasteiger partial charge is 0.479 e. The number of amides is 1. The topological polar surface area (TPSA) is 82.4 Å². The fourth-order valence-electron chi connectivity index (χ4n) is 2.32. The lowest BCUT2D eigenvalue weighted by Gasteiger charge is -2.14. The van der Waals surface area contributed by atoms with Gasteiger partial charge in [-0.15, -0.1) is 0 Å². The van der Waals surface area contributed by atoms with Crippen molar-refractivity contribution in [3.63, 3.8) is 0 Å². The van der Waals surface area contributed by atoms with Crippen LogP contribution in [0.4, 0.5) is 5.69 Å². The van der Waals surface area contributed by atoms with Crippen LogP contribution in [0.1, 0.15) is 23.9 Å². The van der Waals surface area contributed by atoms with E-state index in [-0.39, 0.29) is 6.61 Å². The molecule has 0 aliphatic carbocycles. The second kappa shape index (κ2) is 7.83. The summed E-state index contributed by atoms with van der Waals surface area (Å²) in [7, 11) is 1.79. The Morgan fingerprint density at radius 2 is 2.00 bits per heavy atom. The van der Waals surface area contributed by atoms with Crippen molar-refractivity contribution in [3.8, 4) is 5.75 Å². The van der Waals surface area contributed by atoms with Crippen molar-refractivity contribution in [2.24, 2.45) is 7.05 Å². The van der Waals surface area contributed by atoms with Crippen molar-refractivity contribution in [3.05, 3.63) is 41.2 Å². The van der Waals surface area contributed by atoms with Crippen molar-refractivity contribution in [1.82, 2.24) is 9.78 Å². The van der Waals surface area contributed by atoms with Gasteiger partial charge < -0.3 is 14.8 Å². The molecule has 0 aliphatic rings. The maximum Gasteiger partial charge on any atom is 0.347 e. The number of nitrogens with zero attached hydrogens (tertiary/aromatic N) is 2. The first-order valence-corrected chi connectivity index (χ1v) is 7.98. The van der Waals surface area contributed by atoms with Crippen LogP contribution >= 0.6 is 0 Å². The fraction of sp³-hybridized carbons (Fsp3) is 0.389. The number of nitrogens with one attached hydrogen (secondary N) is 1. The first-order valence-electron chi connectivity index (χ1n) is 7.98. The molecular weight excluding hydrogens is 322 g/mol. The molecule has 134 valence electrons. The summed E-state index contributed by atoms with van der Waals surface area (Å²) in [5.41, 5.74) is 3.19. The van der Waals surface area contributed by atoms with E-state index in [1.807, 2.05) is 32.0 Å². The minimum absolute atomic E-state index is 0.381. The van der Waals surface area contributed by atoms with Crippen molar-refractivity contribution in [1.29, 1.82) is 0 Å². The highest BCUT2D eigenvalue weighted by molar-refractivity contribution is 5.94. The summed E-state index contributed by atoms with van der Waals surface area (Å²) in [6.45, 7) is 6.78. The minimum atomic E-state index is -0.809. The van der Waals surface area contributed by atoms with E-state index in [0.717, 1.165) is 11.3 Å². The Hall–Kier alpha value is -2.83. The molecule has 25 heavy (non-hydrogen) atoms. The summed E-state index contributed by atoms with van der Waals surface area (Å²) in [5, 5.41) is 6.93. The number of anilines is 1. The van der Waals surface area contributed by atoms with Gasteiger partial charge in [0.05, 0.1) is 17.1 Å². The molecule has 0 bridgehead atoms. The molecule has 1 N–H and O–H groups in total. The second-order valence-corrected chi connectivity index (χ2v) is 5.90. The molecule has 7 heteroatoms. The lowest BCUT2D eigenvalue weighted by molar-refractivity contribution is -0.153. The van der Waals surface area contributed by atoms with Gasteiger partial charge in [0.2, 0.25) is 0 Å². The lowest BCUT2D eigenvalue weighted by atomic mass is 10.2. The molecule has 0 fully saturated rings. The average Bonchev–Trinajstić information content (AvgIpc) is 2.79. The second-order valence-electron chi connectivity index (χ2n) is 5.90. The Kier molecular flexibility index (Phi) is 5.80.